The van der Waals surface area contributed by atoms with Gasteiger partial charge in [-0.25, -0.2) is 4.98 Å². The average molecular weight is 504 g/mol. The first-order valence-corrected chi connectivity index (χ1v) is 9.91. The van der Waals surface area contributed by atoms with Crippen LogP contribution in [-0.4, -0.2) is 83.9 Å². The van der Waals surface area contributed by atoms with Crippen molar-refractivity contribution in [3.05, 3.63) is 17.3 Å². The minimum Gasteiger partial charge on any atom is -0.444 e. The molecule has 28 heavy (non-hydrogen) atoms. The molecule has 1 unspecified atom stereocenters. The Morgan fingerprint density at radius 2 is 1.79 bits per heavy atom. The van der Waals surface area contributed by atoms with Crippen LogP contribution in [0.2, 0.25) is 0 Å². The first kappa shape index (κ1) is 22.9. The van der Waals surface area contributed by atoms with Crippen molar-refractivity contribution in [3.8, 4) is 0 Å². The smallest absolute Gasteiger partial charge is 0.239 e. The van der Waals surface area contributed by atoms with Crippen molar-refractivity contribution in [1.82, 2.24) is 25.0 Å². The van der Waals surface area contributed by atoms with E-state index < -0.39 is 0 Å². The van der Waals surface area contributed by atoms with E-state index in [0.29, 0.717) is 12.4 Å². The third-order valence-electron chi connectivity index (χ3n) is 5.62. The SMILES string of the molecule is CN=C(NCc1nc(C)c(C)o1)N1CCN(C(C)C(=O)N2CCCC2)CC1.I. The second-order valence-corrected chi connectivity index (χ2v) is 7.38. The van der Waals surface area contributed by atoms with E-state index in [2.05, 4.69) is 25.1 Å². The molecule has 3 rings (SSSR count). The number of guanidine groups is 1. The lowest BCUT2D eigenvalue weighted by Crippen LogP contribution is -2.57. The number of carbonyl (C=O) groups excluding carboxylic acids is 1. The van der Waals surface area contributed by atoms with E-state index in [4.69, 9.17) is 4.42 Å². The highest BCUT2D eigenvalue weighted by molar-refractivity contribution is 14.0. The molecule has 0 saturated carbocycles. The molecule has 1 aromatic heterocycles. The van der Waals surface area contributed by atoms with Gasteiger partial charge in [-0.05, 0) is 33.6 Å². The Kier molecular flexibility index (Phi) is 8.54. The van der Waals surface area contributed by atoms with Crippen LogP contribution in [0.4, 0.5) is 0 Å². The molecule has 0 bridgehead atoms. The fourth-order valence-electron chi connectivity index (χ4n) is 3.78. The number of oxazole rings is 1. The third-order valence-corrected chi connectivity index (χ3v) is 5.62. The van der Waals surface area contributed by atoms with Crippen LogP contribution in [-0.2, 0) is 11.3 Å². The van der Waals surface area contributed by atoms with Gasteiger partial charge in [0.2, 0.25) is 11.8 Å². The van der Waals surface area contributed by atoms with E-state index in [1.807, 2.05) is 25.7 Å². The molecule has 2 saturated heterocycles. The van der Waals surface area contributed by atoms with Crippen molar-refractivity contribution in [1.29, 1.82) is 0 Å². The standard InChI is InChI=1S/C19H32N6O2.HI/c1-14-16(3)27-17(22-14)13-21-19(20-4)25-11-9-23(10-12-25)15(2)18(26)24-7-5-6-8-24;/h15H,5-13H2,1-4H3,(H,20,21);1H. The quantitative estimate of drug-likeness (QED) is 0.382. The van der Waals surface area contributed by atoms with Crippen molar-refractivity contribution in [2.24, 2.45) is 4.99 Å². The summed E-state index contributed by atoms with van der Waals surface area (Å²) in [5, 5.41) is 3.33. The summed E-state index contributed by atoms with van der Waals surface area (Å²) in [6.07, 6.45) is 2.27. The third kappa shape index (κ3) is 5.37. The van der Waals surface area contributed by atoms with Crippen molar-refractivity contribution in [2.45, 2.75) is 46.2 Å². The number of amides is 1. The molecule has 1 N–H and O–H groups in total. The van der Waals surface area contributed by atoms with Crippen LogP contribution >= 0.6 is 24.0 Å². The van der Waals surface area contributed by atoms with Gasteiger partial charge in [0.05, 0.1) is 18.3 Å². The molecule has 158 valence electrons. The molecule has 2 aliphatic rings. The minimum atomic E-state index is -0.0431. The number of nitrogens with zero attached hydrogens (tertiary/aromatic N) is 5. The lowest BCUT2D eigenvalue weighted by molar-refractivity contribution is -0.135. The Morgan fingerprint density at radius 3 is 2.32 bits per heavy atom. The van der Waals surface area contributed by atoms with Crippen LogP contribution in [0.3, 0.4) is 0 Å². The maximum absolute atomic E-state index is 12.6. The normalized spacial score (nSPS) is 19.5. The van der Waals surface area contributed by atoms with Gasteiger partial charge in [0.25, 0.3) is 0 Å². The zero-order valence-corrected chi connectivity index (χ0v) is 19.7. The van der Waals surface area contributed by atoms with Gasteiger partial charge in [-0.1, -0.05) is 0 Å². The number of likely N-dealkylation sites (tertiary alicyclic amines) is 1. The number of rotatable bonds is 4. The highest BCUT2D eigenvalue weighted by atomic mass is 127. The van der Waals surface area contributed by atoms with Gasteiger partial charge >= 0.3 is 0 Å². The minimum absolute atomic E-state index is 0. The van der Waals surface area contributed by atoms with Crippen LogP contribution in [0.25, 0.3) is 0 Å². The zero-order valence-electron chi connectivity index (χ0n) is 17.4. The molecule has 1 atom stereocenters. The second kappa shape index (κ2) is 10.4. The number of halogens is 1. The molecule has 0 spiro atoms. The van der Waals surface area contributed by atoms with E-state index in [1.165, 1.54) is 0 Å². The second-order valence-electron chi connectivity index (χ2n) is 7.38. The zero-order chi connectivity index (χ0) is 19.4. The highest BCUT2D eigenvalue weighted by Crippen LogP contribution is 2.14. The number of nitrogens with one attached hydrogen (secondary N) is 1. The molecule has 9 heteroatoms. The number of hydrogen-bond acceptors (Lipinski definition) is 5. The lowest BCUT2D eigenvalue weighted by Gasteiger charge is -2.39. The van der Waals surface area contributed by atoms with E-state index in [0.717, 1.165) is 69.5 Å². The number of piperazine rings is 1. The van der Waals surface area contributed by atoms with Crippen LogP contribution < -0.4 is 5.32 Å². The fourth-order valence-corrected chi connectivity index (χ4v) is 3.78. The van der Waals surface area contributed by atoms with E-state index in [9.17, 15) is 4.79 Å². The summed E-state index contributed by atoms with van der Waals surface area (Å²) < 4.78 is 5.62. The summed E-state index contributed by atoms with van der Waals surface area (Å²) in [5.41, 5.74) is 0.923. The maximum Gasteiger partial charge on any atom is 0.239 e. The molecule has 0 aliphatic carbocycles. The maximum atomic E-state index is 12.6. The number of hydrogen-bond donors (Lipinski definition) is 1. The molecule has 8 nitrogen and oxygen atoms in total. The van der Waals surface area contributed by atoms with Crippen molar-refractivity contribution in [3.63, 3.8) is 0 Å². The summed E-state index contributed by atoms with van der Waals surface area (Å²) in [6.45, 7) is 11.7. The Hall–Kier alpha value is -1.36. The first-order valence-electron chi connectivity index (χ1n) is 9.91. The molecule has 3 heterocycles. The Labute approximate surface area is 184 Å². The van der Waals surface area contributed by atoms with Crippen LogP contribution in [0.5, 0.6) is 0 Å². The van der Waals surface area contributed by atoms with Gasteiger partial charge in [0, 0.05) is 46.3 Å². The van der Waals surface area contributed by atoms with Crippen LogP contribution in [0, 0.1) is 13.8 Å². The molecule has 0 radical (unpaired) electrons. The van der Waals surface area contributed by atoms with Gasteiger partial charge < -0.3 is 19.5 Å². The monoisotopic (exact) mass is 504 g/mol. The molecular weight excluding hydrogens is 471 g/mol. The van der Waals surface area contributed by atoms with Crippen molar-refractivity contribution < 1.29 is 9.21 Å². The van der Waals surface area contributed by atoms with Gasteiger partial charge in [0.1, 0.15) is 5.76 Å². The number of carbonyl (C=O) groups is 1. The Bertz CT molecular complexity index is 658. The largest absolute Gasteiger partial charge is 0.444 e. The van der Waals surface area contributed by atoms with Gasteiger partial charge in [0.15, 0.2) is 5.96 Å². The molecule has 0 aromatic carbocycles. The predicted octanol–water partition coefficient (Wildman–Crippen LogP) is 1.61. The highest BCUT2D eigenvalue weighted by Gasteiger charge is 2.30. The lowest BCUT2D eigenvalue weighted by atomic mass is 10.2. The average Bonchev–Trinajstić information content (AvgIpc) is 3.32. The fraction of sp³-hybridized carbons (Fsp3) is 0.737. The number of aromatic nitrogens is 1. The molecule has 1 aromatic rings. The summed E-state index contributed by atoms with van der Waals surface area (Å²) in [7, 11) is 1.79. The van der Waals surface area contributed by atoms with Gasteiger partial charge in [-0.15, -0.1) is 24.0 Å². The molecule has 2 fully saturated rings. The summed E-state index contributed by atoms with van der Waals surface area (Å²) >= 11 is 0. The molecule has 1 amide bonds. The van der Waals surface area contributed by atoms with Gasteiger partial charge in [-0.2, -0.15) is 0 Å². The van der Waals surface area contributed by atoms with E-state index in [-0.39, 0.29) is 35.9 Å². The Morgan fingerprint density at radius 1 is 1.14 bits per heavy atom. The van der Waals surface area contributed by atoms with Gasteiger partial charge in [-0.3, -0.25) is 14.7 Å². The van der Waals surface area contributed by atoms with Crippen molar-refractivity contribution in [2.75, 3.05) is 46.3 Å². The molecular formula is C19H33IN6O2. The topological polar surface area (TPSA) is 77.2 Å². The summed E-state index contributed by atoms with van der Waals surface area (Å²) in [5.74, 6) is 2.65. The number of aryl methyl sites for hydroxylation is 2. The molecule has 2 aliphatic heterocycles. The summed E-state index contributed by atoms with van der Waals surface area (Å²) in [6, 6.07) is -0.0431. The number of aliphatic imine (C=N–C) groups is 1. The summed E-state index contributed by atoms with van der Waals surface area (Å²) in [4.78, 5) is 27.9. The van der Waals surface area contributed by atoms with Crippen LogP contribution in [0.15, 0.2) is 9.41 Å². The van der Waals surface area contributed by atoms with Crippen LogP contribution in [0.1, 0.15) is 37.1 Å². The predicted molar refractivity (Wildman–Crippen MR) is 120 cm³/mol. The Balaban J connectivity index is 0.00000280. The first-order chi connectivity index (χ1) is 13.0. The van der Waals surface area contributed by atoms with Crippen molar-refractivity contribution >= 4 is 35.8 Å². The van der Waals surface area contributed by atoms with E-state index in [1.54, 1.807) is 7.05 Å². The van der Waals surface area contributed by atoms with E-state index >= 15 is 0 Å².